The van der Waals surface area contributed by atoms with Gasteiger partial charge in [0.25, 0.3) is 0 Å². The molecule has 2 aliphatic rings. The van der Waals surface area contributed by atoms with Crippen LogP contribution in [-0.2, 0) is 9.53 Å². The Morgan fingerprint density at radius 1 is 1.65 bits per heavy atom. The first-order chi connectivity index (χ1) is 8.09. The van der Waals surface area contributed by atoms with Crippen molar-refractivity contribution < 1.29 is 14.6 Å². The highest BCUT2D eigenvalue weighted by atomic mass is 16.5. The minimum Gasteiger partial charge on any atom is -0.465 e. The fourth-order valence-electron chi connectivity index (χ4n) is 3.13. The van der Waals surface area contributed by atoms with Crippen LogP contribution >= 0.6 is 0 Å². The fraction of sp³-hybridized carbons (Fsp3) is 0.917. The van der Waals surface area contributed by atoms with Gasteiger partial charge in [0.1, 0.15) is 0 Å². The Hall–Kier alpha value is -0.650. The number of carbonyl (C=O) groups excluding carboxylic acids is 1. The number of nitrogens with two attached hydrogens (primary N) is 1. The average Bonchev–Trinajstić information content (AvgIpc) is 2.65. The third kappa shape index (κ3) is 2.46. The fourth-order valence-corrected chi connectivity index (χ4v) is 3.13. The van der Waals surface area contributed by atoms with Crippen LogP contribution in [0.2, 0.25) is 0 Å². The van der Waals surface area contributed by atoms with Crippen molar-refractivity contribution in [3.05, 3.63) is 0 Å². The lowest BCUT2D eigenvalue weighted by Crippen LogP contribution is -2.47. The van der Waals surface area contributed by atoms with Gasteiger partial charge in [-0.1, -0.05) is 0 Å². The second-order valence-electron chi connectivity index (χ2n) is 5.17. The highest BCUT2D eigenvalue weighted by Crippen LogP contribution is 2.41. The van der Waals surface area contributed by atoms with Gasteiger partial charge < -0.3 is 15.6 Å². The first-order valence-electron chi connectivity index (χ1n) is 6.41. The summed E-state index contributed by atoms with van der Waals surface area (Å²) >= 11 is 0. The molecular formula is C12H22N2O3. The largest absolute Gasteiger partial charge is 0.465 e. The van der Waals surface area contributed by atoms with Gasteiger partial charge in [0.2, 0.25) is 0 Å². The molecule has 0 aromatic rings. The van der Waals surface area contributed by atoms with Crippen LogP contribution in [0.3, 0.4) is 0 Å². The molecule has 98 valence electrons. The molecule has 0 spiro atoms. The van der Waals surface area contributed by atoms with Crippen molar-refractivity contribution in [3.63, 3.8) is 0 Å². The number of esters is 1. The predicted octanol–water partition coefficient (Wildman–Crippen LogP) is -0.276. The Morgan fingerprint density at radius 3 is 3.06 bits per heavy atom. The van der Waals surface area contributed by atoms with Crippen molar-refractivity contribution in [2.75, 3.05) is 26.2 Å². The summed E-state index contributed by atoms with van der Waals surface area (Å²) in [7, 11) is 0. The Kier molecular flexibility index (Phi) is 3.70. The highest BCUT2D eigenvalue weighted by molar-refractivity contribution is 5.71. The van der Waals surface area contributed by atoms with Crippen LogP contribution in [-0.4, -0.2) is 53.9 Å². The van der Waals surface area contributed by atoms with Crippen LogP contribution in [0.4, 0.5) is 0 Å². The first-order valence-corrected chi connectivity index (χ1v) is 6.41. The van der Waals surface area contributed by atoms with Crippen LogP contribution < -0.4 is 5.73 Å². The highest BCUT2D eigenvalue weighted by Gasteiger charge is 2.48. The Bertz CT molecular complexity index is 297. The van der Waals surface area contributed by atoms with Gasteiger partial charge in [-0.2, -0.15) is 0 Å². The maximum absolute atomic E-state index is 11.5. The molecule has 3 atom stereocenters. The van der Waals surface area contributed by atoms with E-state index in [0.29, 0.717) is 25.7 Å². The number of nitrogens with zero attached hydrogens (tertiary/aromatic N) is 1. The van der Waals surface area contributed by atoms with Gasteiger partial charge >= 0.3 is 5.97 Å². The van der Waals surface area contributed by atoms with Gasteiger partial charge in [-0.25, -0.2) is 0 Å². The van der Waals surface area contributed by atoms with E-state index in [9.17, 15) is 9.90 Å². The average molecular weight is 242 g/mol. The number of hydrogen-bond donors (Lipinski definition) is 2. The van der Waals surface area contributed by atoms with Crippen LogP contribution in [0.15, 0.2) is 0 Å². The summed E-state index contributed by atoms with van der Waals surface area (Å²) in [6, 6.07) is 0.413. The molecule has 1 saturated carbocycles. The molecule has 2 fully saturated rings. The molecule has 2 bridgehead atoms. The van der Waals surface area contributed by atoms with E-state index in [-0.39, 0.29) is 11.9 Å². The predicted molar refractivity (Wildman–Crippen MR) is 63.3 cm³/mol. The normalized spacial score (nSPS) is 37.1. The Morgan fingerprint density at radius 2 is 2.41 bits per heavy atom. The molecule has 0 radical (unpaired) electrons. The van der Waals surface area contributed by atoms with Crippen LogP contribution in [0.25, 0.3) is 0 Å². The Balaban J connectivity index is 1.94. The van der Waals surface area contributed by atoms with E-state index in [1.54, 1.807) is 0 Å². The lowest BCUT2D eigenvalue weighted by atomic mass is 9.76. The van der Waals surface area contributed by atoms with Gasteiger partial charge in [-0.15, -0.1) is 0 Å². The molecule has 0 amide bonds. The third-order valence-electron chi connectivity index (χ3n) is 4.19. The molecule has 5 nitrogen and oxygen atoms in total. The SMILES string of the molecule is CCOC(=O)CN1CC2CC1CCC2(O)CN. The zero-order chi connectivity index (χ0) is 12.5. The van der Waals surface area contributed by atoms with Crippen LogP contribution in [0.1, 0.15) is 26.2 Å². The van der Waals surface area contributed by atoms with E-state index in [2.05, 4.69) is 4.90 Å². The second-order valence-corrected chi connectivity index (χ2v) is 5.17. The van der Waals surface area contributed by atoms with Crippen molar-refractivity contribution >= 4 is 5.97 Å². The molecule has 1 aliphatic carbocycles. The van der Waals surface area contributed by atoms with Gasteiger partial charge in [0, 0.05) is 25.0 Å². The molecule has 5 heteroatoms. The van der Waals surface area contributed by atoms with E-state index in [0.717, 1.165) is 25.8 Å². The number of rotatable bonds is 4. The molecule has 0 aromatic carbocycles. The van der Waals surface area contributed by atoms with Crippen LogP contribution in [0, 0.1) is 5.92 Å². The number of hydrogen-bond acceptors (Lipinski definition) is 5. The summed E-state index contributed by atoms with van der Waals surface area (Å²) in [5.41, 5.74) is 4.93. The van der Waals surface area contributed by atoms with Crippen molar-refractivity contribution in [3.8, 4) is 0 Å². The second kappa shape index (κ2) is 4.92. The minimum atomic E-state index is -0.722. The number of fused-ring (bicyclic) bond motifs is 2. The molecule has 1 saturated heterocycles. The van der Waals surface area contributed by atoms with E-state index in [1.165, 1.54) is 0 Å². The van der Waals surface area contributed by atoms with E-state index >= 15 is 0 Å². The van der Waals surface area contributed by atoms with Crippen molar-refractivity contribution in [1.82, 2.24) is 4.90 Å². The van der Waals surface area contributed by atoms with Gasteiger partial charge in [0.15, 0.2) is 0 Å². The topological polar surface area (TPSA) is 75.8 Å². The van der Waals surface area contributed by atoms with E-state index in [1.807, 2.05) is 6.92 Å². The number of ether oxygens (including phenoxy) is 1. The summed E-state index contributed by atoms with van der Waals surface area (Å²) < 4.78 is 4.96. The quantitative estimate of drug-likeness (QED) is 0.663. The summed E-state index contributed by atoms with van der Waals surface area (Å²) in [5, 5.41) is 10.4. The standard InChI is InChI=1S/C12H22N2O3/c1-2-17-11(15)7-14-6-9-5-10(14)3-4-12(9,16)8-13/h9-10,16H,2-8,13H2,1H3. The zero-order valence-corrected chi connectivity index (χ0v) is 10.4. The monoisotopic (exact) mass is 242 g/mol. The summed E-state index contributed by atoms with van der Waals surface area (Å²) in [6.07, 6.45) is 2.62. The maximum Gasteiger partial charge on any atom is 0.320 e. The molecule has 17 heavy (non-hydrogen) atoms. The summed E-state index contributed by atoms with van der Waals surface area (Å²) in [6.45, 7) is 3.66. The number of likely N-dealkylation sites (tertiary alicyclic amines) is 1. The summed E-state index contributed by atoms with van der Waals surface area (Å²) in [4.78, 5) is 13.6. The lowest BCUT2D eigenvalue weighted by molar-refractivity contribution is -0.144. The minimum absolute atomic E-state index is 0.170. The molecule has 3 N–H and O–H groups in total. The molecular weight excluding hydrogens is 220 g/mol. The number of aliphatic hydroxyl groups is 1. The molecule has 2 rings (SSSR count). The molecule has 3 unspecified atom stereocenters. The van der Waals surface area contributed by atoms with E-state index in [4.69, 9.17) is 10.5 Å². The maximum atomic E-state index is 11.5. The third-order valence-corrected chi connectivity index (χ3v) is 4.19. The van der Waals surface area contributed by atoms with Gasteiger partial charge in [-0.05, 0) is 26.2 Å². The van der Waals surface area contributed by atoms with E-state index < -0.39 is 5.60 Å². The van der Waals surface area contributed by atoms with Gasteiger partial charge in [0.05, 0.1) is 18.8 Å². The smallest absolute Gasteiger partial charge is 0.320 e. The number of carbonyl (C=O) groups is 1. The molecule has 1 heterocycles. The van der Waals surface area contributed by atoms with Crippen molar-refractivity contribution in [2.24, 2.45) is 11.7 Å². The lowest BCUT2D eigenvalue weighted by Gasteiger charge is -2.36. The van der Waals surface area contributed by atoms with Crippen LogP contribution in [0.5, 0.6) is 0 Å². The Labute approximate surface area is 102 Å². The van der Waals surface area contributed by atoms with Crippen molar-refractivity contribution in [1.29, 1.82) is 0 Å². The first kappa shape index (κ1) is 12.8. The van der Waals surface area contributed by atoms with Crippen molar-refractivity contribution in [2.45, 2.75) is 37.8 Å². The molecule has 1 aliphatic heterocycles. The molecule has 0 aromatic heterocycles. The zero-order valence-electron chi connectivity index (χ0n) is 10.4. The summed E-state index contributed by atoms with van der Waals surface area (Å²) in [5.74, 6) is 0.0389. The van der Waals surface area contributed by atoms with Gasteiger partial charge in [-0.3, -0.25) is 9.69 Å².